The number of nitrogens with zero attached hydrogens (tertiary/aromatic N) is 2. The maximum atomic E-state index is 9.87. The Morgan fingerprint density at radius 2 is 1.44 bits per heavy atom. The Balaban J connectivity index is 2.09. The van der Waals surface area contributed by atoms with Gasteiger partial charge in [0.1, 0.15) is 0 Å². The van der Waals surface area contributed by atoms with Gasteiger partial charge >= 0.3 is 0 Å². The van der Waals surface area contributed by atoms with Crippen LogP contribution in [-0.2, 0) is 0 Å². The molecule has 0 aliphatic carbocycles. The topological polar surface area (TPSA) is 132 Å². The zero-order valence-corrected chi connectivity index (χ0v) is 15.0. The summed E-state index contributed by atoms with van der Waals surface area (Å²) in [6.07, 6.45) is 5.53. The molecule has 2 rings (SSSR count). The van der Waals surface area contributed by atoms with Gasteiger partial charge in [0.2, 0.25) is 0 Å². The quantitative estimate of drug-likeness (QED) is 0.263. The monoisotopic (exact) mass is 371 g/mol. The van der Waals surface area contributed by atoms with Gasteiger partial charge in [0.25, 0.3) is 0 Å². The van der Waals surface area contributed by atoms with E-state index in [0.29, 0.717) is 24.2 Å². The van der Waals surface area contributed by atoms with E-state index in [9.17, 15) is 20.4 Å². The second-order valence-electron chi connectivity index (χ2n) is 6.14. The Bertz CT molecular complexity index is 806. The molecular formula is C20H25N3O4. The summed E-state index contributed by atoms with van der Waals surface area (Å²) in [4.78, 5) is 8.80. The largest absolute Gasteiger partial charge is 0.504 e. The predicted octanol–water partition coefficient (Wildman–Crippen LogP) is 2.54. The van der Waals surface area contributed by atoms with Crippen molar-refractivity contribution in [3.8, 4) is 23.0 Å². The van der Waals surface area contributed by atoms with Gasteiger partial charge in [-0.1, -0.05) is 18.6 Å². The molecule has 27 heavy (non-hydrogen) atoms. The lowest BCUT2D eigenvalue weighted by Crippen LogP contribution is -2.11. The number of para-hydroxylation sites is 2. The summed E-state index contributed by atoms with van der Waals surface area (Å²) in [6.45, 7) is 0.972. The lowest BCUT2D eigenvalue weighted by Gasteiger charge is -2.10. The smallest absolute Gasteiger partial charge is 0.166 e. The number of phenols is 4. The summed E-state index contributed by atoms with van der Waals surface area (Å²) >= 11 is 0. The number of phenolic OH excluding ortho intramolecular Hbond substituents is 4. The normalized spacial score (nSPS) is 12.8. The van der Waals surface area contributed by atoms with Crippen LogP contribution in [0.2, 0.25) is 0 Å². The Hall–Kier alpha value is -3.06. The molecule has 0 radical (unpaired) electrons. The first-order valence-electron chi connectivity index (χ1n) is 8.78. The fourth-order valence-electron chi connectivity index (χ4n) is 2.50. The number of rotatable bonds is 9. The van der Waals surface area contributed by atoms with Gasteiger partial charge in [0.05, 0.1) is 12.6 Å². The van der Waals surface area contributed by atoms with E-state index in [0.717, 1.165) is 19.3 Å². The van der Waals surface area contributed by atoms with Gasteiger partial charge in [-0.15, -0.1) is 0 Å². The van der Waals surface area contributed by atoms with Crippen molar-refractivity contribution in [3.05, 3.63) is 47.5 Å². The molecule has 0 saturated heterocycles. The van der Waals surface area contributed by atoms with Crippen molar-refractivity contribution >= 4 is 12.4 Å². The lowest BCUT2D eigenvalue weighted by molar-refractivity contribution is 0.403. The summed E-state index contributed by atoms with van der Waals surface area (Å²) in [6, 6.07) is 9.21. The Morgan fingerprint density at radius 3 is 2.04 bits per heavy atom. The van der Waals surface area contributed by atoms with E-state index in [4.69, 9.17) is 5.73 Å². The highest BCUT2D eigenvalue weighted by molar-refractivity contribution is 5.85. The van der Waals surface area contributed by atoms with Gasteiger partial charge in [0.15, 0.2) is 23.0 Å². The zero-order chi connectivity index (χ0) is 19.6. The minimum atomic E-state index is -0.214. The second-order valence-corrected chi connectivity index (χ2v) is 6.14. The van der Waals surface area contributed by atoms with E-state index in [1.807, 2.05) is 0 Å². The number of nitrogens with two attached hydrogens (primary N) is 1. The third-order valence-electron chi connectivity index (χ3n) is 4.05. The van der Waals surface area contributed by atoms with Crippen LogP contribution in [-0.4, -0.2) is 52.0 Å². The third-order valence-corrected chi connectivity index (χ3v) is 4.05. The van der Waals surface area contributed by atoms with E-state index in [2.05, 4.69) is 9.98 Å². The number of aromatic hydroxyl groups is 4. The van der Waals surface area contributed by atoms with Crippen LogP contribution in [0.15, 0.2) is 46.4 Å². The zero-order valence-electron chi connectivity index (χ0n) is 15.0. The standard InChI is InChI=1S/C20H25N3O4/c21-10-2-1-7-16(23-12-15-6-4-9-18(25)20(15)27)13-22-11-14-5-3-8-17(24)19(14)26/h3-6,8-9,11-12,16,24-27H,1-2,7,10,13,21H2/t16-/m0/s1. The molecule has 0 saturated carbocycles. The van der Waals surface area contributed by atoms with Gasteiger partial charge < -0.3 is 26.2 Å². The first-order chi connectivity index (χ1) is 13.0. The van der Waals surface area contributed by atoms with Crippen molar-refractivity contribution in [2.24, 2.45) is 15.7 Å². The van der Waals surface area contributed by atoms with E-state index < -0.39 is 0 Å². The van der Waals surface area contributed by atoms with Crippen molar-refractivity contribution in [2.45, 2.75) is 25.3 Å². The average molecular weight is 371 g/mol. The molecule has 1 atom stereocenters. The van der Waals surface area contributed by atoms with Gasteiger partial charge in [-0.05, 0) is 43.7 Å². The van der Waals surface area contributed by atoms with E-state index in [1.54, 1.807) is 24.3 Å². The lowest BCUT2D eigenvalue weighted by atomic mass is 10.1. The van der Waals surface area contributed by atoms with Crippen molar-refractivity contribution in [1.82, 2.24) is 0 Å². The van der Waals surface area contributed by atoms with Crippen molar-refractivity contribution < 1.29 is 20.4 Å². The molecule has 2 aromatic rings. The number of hydrogen-bond donors (Lipinski definition) is 5. The van der Waals surface area contributed by atoms with Crippen LogP contribution >= 0.6 is 0 Å². The highest BCUT2D eigenvalue weighted by atomic mass is 16.3. The minimum absolute atomic E-state index is 0.144. The van der Waals surface area contributed by atoms with Crippen molar-refractivity contribution in [1.29, 1.82) is 0 Å². The van der Waals surface area contributed by atoms with Crippen LogP contribution < -0.4 is 5.73 Å². The van der Waals surface area contributed by atoms with E-state index >= 15 is 0 Å². The molecule has 0 aromatic heterocycles. The molecular weight excluding hydrogens is 346 g/mol. The fourth-order valence-corrected chi connectivity index (χ4v) is 2.50. The van der Waals surface area contributed by atoms with Crippen LogP contribution in [0.3, 0.4) is 0 Å². The van der Waals surface area contributed by atoms with Crippen molar-refractivity contribution in [3.63, 3.8) is 0 Å². The maximum Gasteiger partial charge on any atom is 0.166 e. The molecule has 144 valence electrons. The minimum Gasteiger partial charge on any atom is -0.504 e. The number of aliphatic imine (C=N–C) groups is 2. The maximum absolute atomic E-state index is 9.87. The Kier molecular flexibility index (Phi) is 7.63. The van der Waals surface area contributed by atoms with Crippen LogP contribution in [0.4, 0.5) is 0 Å². The number of unbranched alkanes of at least 4 members (excludes halogenated alkanes) is 1. The van der Waals surface area contributed by atoms with E-state index in [1.165, 1.54) is 24.6 Å². The van der Waals surface area contributed by atoms with Gasteiger partial charge in [-0.3, -0.25) is 9.98 Å². The molecule has 0 aliphatic heterocycles. The summed E-state index contributed by atoms with van der Waals surface area (Å²) in [7, 11) is 0. The van der Waals surface area contributed by atoms with Gasteiger partial charge in [-0.2, -0.15) is 0 Å². The summed E-state index contributed by atoms with van der Waals surface area (Å²) in [5.41, 5.74) is 6.39. The van der Waals surface area contributed by atoms with Crippen LogP contribution in [0.25, 0.3) is 0 Å². The number of hydrogen-bond acceptors (Lipinski definition) is 7. The number of benzene rings is 2. The fraction of sp³-hybridized carbons (Fsp3) is 0.300. The highest BCUT2D eigenvalue weighted by Gasteiger charge is 2.08. The third kappa shape index (κ3) is 6.00. The first kappa shape index (κ1) is 20.3. The summed E-state index contributed by atoms with van der Waals surface area (Å²) < 4.78 is 0. The predicted molar refractivity (Wildman–Crippen MR) is 106 cm³/mol. The Labute approximate surface area is 158 Å². The molecule has 2 aromatic carbocycles. The van der Waals surface area contributed by atoms with Gasteiger partial charge in [0, 0.05) is 23.6 Å². The molecule has 0 amide bonds. The van der Waals surface area contributed by atoms with E-state index in [-0.39, 0.29) is 29.0 Å². The molecule has 0 fully saturated rings. The van der Waals surface area contributed by atoms with Gasteiger partial charge in [-0.25, -0.2) is 0 Å². The highest BCUT2D eigenvalue weighted by Crippen LogP contribution is 2.27. The van der Waals surface area contributed by atoms with Crippen LogP contribution in [0.1, 0.15) is 30.4 Å². The molecule has 0 spiro atoms. The van der Waals surface area contributed by atoms with Crippen LogP contribution in [0.5, 0.6) is 23.0 Å². The average Bonchev–Trinajstić information content (AvgIpc) is 2.66. The SMILES string of the molecule is NCCCC[C@@H](CN=Cc1cccc(O)c1O)N=Cc1cccc(O)c1O. The molecule has 0 unspecified atom stereocenters. The molecule has 7 nitrogen and oxygen atoms in total. The summed E-state index contributed by atoms with van der Waals surface area (Å²) in [5.74, 6) is -0.823. The van der Waals surface area contributed by atoms with Crippen LogP contribution in [0, 0.1) is 0 Å². The molecule has 0 heterocycles. The summed E-state index contributed by atoms with van der Waals surface area (Å²) in [5, 5.41) is 38.8. The first-order valence-corrected chi connectivity index (χ1v) is 8.78. The molecule has 6 N–H and O–H groups in total. The second kappa shape index (κ2) is 10.2. The van der Waals surface area contributed by atoms with Crippen molar-refractivity contribution in [2.75, 3.05) is 13.1 Å². The molecule has 7 heteroatoms. The molecule has 0 bridgehead atoms. The Morgan fingerprint density at radius 1 is 0.852 bits per heavy atom. The molecule has 0 aliphatic rings.